The summed E-state index contributed by atoms with van der Waals surface area (Å²) in [4.78, 5) is 12.5. The number of benzene rings is 2. The Labute approximate surface area is 151 Å². The lowest BCUT2D eigenvalue weighted by atomic mass is 10.0. The molecule has 134 valence electrons. The van der Waals surface area contributed by atoms with E-state index in [9.17, 15) is 9.90 Å². The average molecular weight is 351 g/mol. The maximum absolute atomic E-state index is 12.5. The van der Waals surface area contributed by atoms with Crippen molar-refractivity contribution >= 4 is 11.6 Å². The molecule has 1 aromatic heterocycles. The van der Waals surface area contributed by atoms with E-state index in [0.717, 1.165) is 11.1 Å². The Morgan fingerprint density at radius 3 is 2.69 bits per heavy atom. The zero-order valence-corrected chi connectivity index (χ0v) is 15.0. The number of phenols is 1. The molecule has 6 nitrogen and oxygen atoms in total. The van der Waals surface area contributed by atoms with Gasteiger partial charge >= 0.3 is 0 Å². The lowest BCUT2D eigenvalue weighted by molar-refractivity contribution is 0.102. The third-order valence-corrected chi connectivity index (χ3v) is 4.15. The summed E-state index contributed by atoms with van der Waals surface area (Å²) in [6.45, 7) is 6.28. The monoisotopic (exact) mass is 351 g/mol. The van der Waals surface area contributed by atoms with Crippen molar-refractivity contribution in [3.05, 3.63) is 59.3 Å². The molecule has 0 aliphatic carbocycles. The Hall–Kier alpha value is -3.28. The highest BCUT2D eigenvalue weighted by atomic mass is 16.5. The van der Waals surface area contributed by atoms with E-state index < -0.39 is 0 Å². The van der Waals surface area contributed by atoms with Crippen molar-refractivity contribution in [3.63, 3.8) is 0 Å². The molecular weight excluding hydrogens is 330 g/mol. The van der Waals surface area contributed by atoms with Crippen molar-refractivity contribution in [2.45, 2.75) is 20.8 Å². The molecule has 1 amide bonds. The molecule has 3 rings (SSSR count). The van der Waals surface area contributed by atoms with Crippen LogP contribution in [0.1, 0.15) is 28.5 Å². The number of hydrogen-bond acceptors (Lipinski definition) is 4. The number of aromatic nitrogens is 2. The van der Waals surface area contributed by atoms with Crippen LogP contribution in [-0.4, -0.2) is 27.8 Å². The predicted molar refractivity (Wildman–Crippen MR) is 101 cm³/mol. The van der Waals surface area contributed by atoms with Gasteiger partial charge in [0.05, 0.1) is 18.0 Å². The minimum Gasteiger partial charge on any atom is -0.507 e. The molecule has 2 aromatic carbocycles. The first kappa shape index (κ1) is 17.5. The quantitative estimate of drug-likeness (QED) is 0.647. The number of hydrogen-bond donors (Lipinski definition) is 3. The van der Waals surface area contributed by atoms with Gasteiger partial charge in [-0.05, 0) is 62.2 Å². The Morgan fingerprint density at radius 2 is 1.92 bits per heavy atom. The second-order valence-electron chi connectivity index (χ2n) is 6.00. The average Bonchev–Trinajstić information content (AvgIpc) is 3.10. The molecule has 0 atom stereocenters. The maximum Gasteiger partial charge on any atom is 0.273 e. The summed E-state index contributed by atoms with van der Waals surface area (Å²) in [5, 5.41) is 19.9. The van der Waals surface area contributed by atoms with Crippen LogP contribution in [0.4, 0.5) is 5.69 Å². The number of phenolic OH excluding ortho intramolecular Hbond substituents is 1. The van der Waals surface area contributed by atoms with Crippen LogP contribution in [0.2, 0.25) is 0 Å². The summed E-state index contributed by atoms with van der Waals surface area (Å²) >= 11 is 0. The molecule has 0 spiro atoms. The number of anilines is 1. The molecule has 3 aromatic rings. The topological polar surface area (TPSA) is 87.2 Å². The summed E-state index contributed by atoms with van der Waals surface area (Å²) in [5.41, 5.74) is 4.00. The van der Waals surface area contributed by atoms with Crippen LogP contribution in [0.3, 0.4) is 0 Å². The number of amides is 1. The van der Waals surface area contributed by atoms with E-state index in [1.807, 2.05) is 39.0 Å². The van der Waals surface area contributed by atoms with Crippen LogP contribution in [-0.2, 0) is 0 Å². The fraction of sp³-hybridized carbons (Fsp3) is 0.200. The molecule has 0 saturated carbocycles. The van der Waals surface area contributed by atoms with Crippen molar-refractivity contribution in [2.75, 3.05) is 11.9 Å². The number of rotatable bonds is 5. The van der Waals surface area contributed by atoms with Gasteiger partial charge in [-0.3, -0.25) is 9.89 Å². The van der Waals surface area contributed by atoms with E-state index in [0.29, 0.717) is 35.0 Å². The zero-order valence-electron chi connectivity index (χ0n) is 15.0. The molecule has 26 heavy (non-hydrogen) atoms. The van der Waals surface area contributed by atoms with Gasteiger partial charge in [0.1, 0.15) is 17.2 Å². The molecule has 0 aliphatic heterocycles. The van der Waals surface area contributed by atoms with Crippen molar-refractivity contribution < 1.29 is 14.6 Å². The first-order valence-corrected chi connectivity index (χ1v) is 8.38. The minimum absolute atomic E-state index is 0.133. The van der Waals surface area contributed by atoms with Crippen LogP contribution in [0.5, 0.6) is 11.5 Å². The molecule has 0 aliphatic rings. The normalized spacial score (nSPS) is 10.6. The zero-order chi connectivity index (χ0) is 18.7. The van der Waals surface area contributed by atoms with Gasteiger partial charge in [0, 0.05) is 5.56 Å². The van der Waals surface area contributed by atoms with E-state index in [1.165, 1.54) is 0 Å². The molecule has 0 fully saturated rings. The van der Waals surface area contributed by atoms with Crippen LogP contribution >= 0.6 is 0 Å². The number of ether oxygens (including phenoxy) is 1. The number of carbonyl (C=O) groups is 1. The summed E-state index contributed by atoms with van der Waals surface area (Å²) in [6, 6.07) is 12.4. The molecule has 1 heterocycles. The number of aromatic amines is 1. The Bertz CT molecular complexity index is 947. The van der Waals surface area contributed by atoms with Gasteiger partial charge in [0.25, 0.3) is 5.91 Å². The Kier molecular flexibility index (Phi) is 4.93. The molecule has 6 heteroatoms. The van der Waals surface area contributed by atoms with Crippen LogP contribution in [0.15, 0.2) is 42.5 Å². The largest absolute Gasteiger partial charge is 0.507 e. The highest BCUT2D eigenvalue weighted by Crippen LogP contribution is 2.31. The number of carbonyl (C=O) groups excluding carboxylic acids is 1. The number of aromatic hydroxyl groups is 1. The molecule has 3 N–H and O–H groups in total. The van der Waals surface area contributed by atoms with Crippen LogP contribution in [0, 0.1) is 13.8 Å². The smallest absolute Gasteiger partial charge is 0.273 e. The van der Waals surface area contributed by atoms with Crippen molar-refractivity contribution in [2.24, 2.45) is 0 Å². The SMILES string of the molecule is CCOc1ccccc1NC(=O)c1cc(-c2cc(C)c(C)cc2O)n[nH]1. The number of H-pyrrole nitrogens is 1. The number of nitrogens with one attached hydrogen (secondary N) is 2. The molecule has 0 radical (unpaired) electrons. The van der Waals surface area contributed by atoms with Gasteiger partial charge in [-0.15, -0.1) is 0 Å². The van der Waals surface area contributed by atoms with Gasteiger partial charge in [0.15, 0.2) is 0 Å². The van der Waals surface area contributed by atoms with Gasteiger partial charge in [-0.25, -0.2) is 0 Å². The fourth-order valence-corrected chi connectivity index (χ4v) is 2.62. The highest BCUT2D eigenvalue weighted by Gasteiger charge is 2.15. The molecular formula is C20H21N3O3. The summed E-state index contributed by atoms with van der Waals surface area (Å²) in [7, 11) is 0. The lowest BCUT2D eigenvalue weighted by Crippen LogP contribution is -2.13. The maximum atomic E-state index is 12.5. The lowest BCUT2D eigenvalue weighted by Gasteiger charge is -2.10. The minimum atomic E-state index is -0.334. The first-order valence-electron chi connectivity index (χ1n) is 8.38. The van der Waals surface area contributed by atoms with Crippen LogP contribution < -0.4 is 10.1 Å². The van der Waals surface area contributed by atoms with Crippen molar-refractivity contribution in [3.8, 4) is 22.8 Å². The van der Waals surface area contributed by atoms with Gasteiger partial charge in [0.2, 0.25) is 0 Å². The fourth-order valence-electron chi connectivity index (χ4n) is 2.62. The molecule has 0 saturated heterocycles. The number of nitrogens with zero attached hydrogens (tertiary/aromatic N) is 1. The summed E-state index contributed by atoms with van der Waals surface area (Å²) in [5.74, 6) is 0.405. The van der Waals surface area contributed by atoms with Gasteiger partial charge in [-0.1, -0.05) is 12.1 Å². The van der Waals surface area contributed by atoms with Gasteiger partial charge < -0.3 is 15.2 Å². The molecule has 0 bridgehead atoms. The predicted octanol–water partition coefficient (Wildman–Crippen LogP) is 4.05. The van der Waals surface area contributed by atoms with E-state index in [4.69, 9.17) is 4.74 Å². The van der Waals surface area contributed by atoms with E-state index in [2.05, 4.69) is 15.5 Å². The Morgan fingerprint density at radius 1 is 1.19 bits per heavy atom. The summed E-state index contributed by atoms with van der Waals surface area (Å²) in [6.07, 6.45) is 0. The Balaban J connectivity index is 1.84. The third-order valence-electron chi connectivity index (χ3n) is 4.15. The third kappa shape index (κ3) is 3.54. The number of aryl methyl sites for hydroxylation is 2. The van der Waals surface area contributed by atoms with E-state index in [1.54, 1.807) is 24.3 Å². The van der Waals surface area contributed by atoms with E-state index in [-0.39, 0.29) is 11.7 Å². The van der Waals surface area contributed by atoms with Crippen molar-refractivity contribution in [1.29, 1.82) is 0 Å². The summed E-state index contributed by atoms with van der Waals surface area (Å²) < 4.78 is 5.51. The number of para-hydroxylation sites is 2. The second-order valence-corrected chi connectivity index (χ2v) is 6.00. The highest BCUT2D eigenvalue weighted by molar-refractivity contribution is 6.04. The van der Waals surface area contributed by atoms with Crippen LogP contribution in [0.25, 0.3) is 11.3 Å². The standard InChI is InChI=1S/C20H21N3O3/c1-4-26-19-8-6-5-7-15(19)21-20(25)17-11-16(22-23-17)14-9-12(2)13(3)10-18(14)24/h5-11,24H,4H2,1-3H3,(H,21,25)(H,22,23). The molecule has 0 unspecified atom stereocenters. The second kappa shape index (κ2) is 7.31. The van der Waals surface area contributed by atoms with Crippen molar-refractivity contribution in [1.82, 2.24) is 10.2 Å². The van der Waals surface area contributed by atoms with E-state index >= 15 is 0 Å². The van der Waals surface area contributed by atoms with Gasteiger partial charge in [-0.2, -0.15) is 5.10 Å². The first-order chi connectivity index (χ1) is 12.5.